The first-order chi connectivity index (χ1) is 12.0. The highest BCUT2D eigenvalue weighted by Crippen LogP contribution is 2.19. The van der Waals surface area contributed by atoms with Crippen LogP contribution in [0, 0.1) is 0 Å². The van der Waals surface area contributed by atoms with Crippen molar-refractivity contribution in [2.45, 2.75) is 13.2 Å². The van der Waals surface area contributed by atoms with Crippen LogP contribution in [-0.4, -0.2) is 27.6 Å². The SMILES string of the molecule is CN(Cc1ccn(C)n1)C(=O)c1ccc(COc2cccc(Cl)c2)o1. The van der Waals surface area contributed by atoms with Gasteiger partial charge in [0.25, 0.3) is 5.91 Å². The summed E-state index contributed by atoms with van der Waals surface area (Å²) in [5.41, 5.74) is 0.814. The van der Waals surface area contributed by atoms with Crippen LogP contribution in [-0.2, 0) is 20.2 Å². The number of halogens is 1. The lowest BCUT2D eigenvalue weighted by atomic mass is 10.3. The fraction of sp³-hybridized carbons (Fsp3) is 0.222. The van der Waals surface area contributed by atoms with Crippen LogP contribution in [0.2, 0.25) is 5.02 Å². The molecule has 0 aliphatic rings. The number of amides is 1. The molecule has 1 amide bonds. The van der Waals surface area contributed by atoms with E-state index in [0.29, 0.717) is 23.1 Å². The molecule has 0 saturated carbocycles. The van der Waals surface area contributed by atoms with Gasteiger partial charge in [-0.1, -0.05) is 17.7 Å². The molecule has 2 heterocycles. The summed E-state index contributed by atoms with van der Waals surface area (Å²) >= 11 is 5.91. The van der Waals surface area contributed by atoms with Crippen molar-refractivity contribution in [2.75, 3.05) is 7.05 Å². The van der Waals surface area contributed by atoms with Crippen LogP contribution in [0.1, 0.15) is 22.0 Å². The average Bonchev–Trinajstić information content (AvgIpc) is 3.21. The van der Waals surface area contributed by atoms with Gasteiger partial charge < -0.3 is 14.1 Å². The first kappa shape index (κ1) is 17.1. The minimum absolute atomic E-state index is 0.209. The van der Waals surface area contributed by atoms with Crippen molar-refractivity contribution in [3.8, 4) is 5.75 Å². The summed E-state index contributed by atoms with van der Waals surface area (Å²) in [6.45, 7) is 0.631. The molecule has 0 radical (unpaired) electrons. The normalized spacial score (nSPS) is 10.7. The molecule has 0 N–H and O–H groups in total. The largest absolute Gasteiger partial charge is 0.486 e. The molecule has 7 heteroatoms. The molecular weight excluding hydrogens is 342 g/mol. The summed E-state index contributed by atoms with van der Waals surface area (Å²) in [6, 6.07) is 12.4. The van der Waals surface area contributed by atoms with Gasteiger partial charge in [0.2, 0.25) is 0 Å². The highest BCUT2D eigenvalue weighted by molar-refractivity contribution is 6.30. The van der Waals surface area contributed by atoms with Gasteiger partial charge >= 0.3 is 0 Å². The quantitative estimate of drug-likeness (QED) is 0.675. The van der Waals surface area contributed by atoms with Gasteiger partial charge in [-0.2, -0.15) is 5.10 Å². The number of aryl methyl sites for hydroxylation is 1. The van der Waals surface area contributed by atoms with Crippen molar-refractivity contribution in [1.29, 1.82) is 0 Å². The second kappa shape index (κ2) is 7.44. The molecule has 3 rings (SSSR count). The first-order valence-electron chi connectivity index (χ1n) is 7.72. The van der Waals surface area contributed by atoms with Gasteiger partial charge in [0.1, 0.15) is 18.1 Å². The molecule has 0 aliphatic heterocycles. The van der Waals surface area contributed by atoms with Crippen molar-refractivity contribution in [3.63, 3.8) is 0 Å². The lowest BCUT2D eigenvalue weighted by Crippen LogP contribution is -2.26. The molecule has 0 spiro atoms. The Balaban J connectivity index is 1.59. The number of rotatable bonds is 6. The smallest absolute Gasteiger partial charge is 0.289 e. The molecule has 0 aliphatic carbocycles. The van der Waals surface area contributed by atoms with Crippen molar-refractivity contribution in [1.82, 2.24) is 14.7 Å². The molecule has 0 unspecified atom stereocenters. The van der Waals surface area contributed by atoms with Gasteiger partial charge in [0.05, 0.1) is 12.2 Å². The third kappa shape index (κ3) is 4.42. The summed E-state index contributed by atoms with van der Waals surface area (Å²) in [7, 11) is 3.55. The number of hydrogen-bond donors (Lipinski definition) is 0. The van der Waals surface area contributed by atoms with Crippen LogP contribution < -0.4 is 4.74 Å². The Hall–Kier alpha value is -2.73. The standard InChI is InChI=1S/C18H18ClN3O3/c1-21(11-14-8-9-22(2)20-14)18(23)17-7-6-16(25-17)12-24-15-5-3-4-13(19)10-15/h3-10H,11-12H2,1-2H3. The zero-order valence-corrected chi connectivity index (χ0v) is 14.7. The van der Waals surface area contributed by atoms with Gasteiger partial charge in [-0.25, -0.2) is 0 Å². The third-order valence-electron chi connectivity index (χ3n) is 3.56. The predicted octanol–water partition coefficient (Wildman–Crippen LogP) is 3.52. The Morgan fingerprint density at radius 2 is 2.16 bits per heavy atom. The van der Waals surface area contributed by atoms with Crippen molar-refractivity contribution in [3.05, 3.63) is 70.9 Å². The van der Waals surface area contributed by atoms with Gasteiger partial charge in [0.15, 0.2) is 5.76 Å². The van der Waals surface area contributed by atoms with E-state index >= 15 is 0 Å². The zero-order chi connectivity index (χ0) is 17.8. The maximum atomic E-state index is 12.4. The predicted molar refractivity (Wildman–Crippen MR) is 93.5 cm³/mol. The number of aromatic nitrogens is 2. The topological polar surface area (TPSA) is 60.5 Å². The van der Waals surface area contributed by atoms with Gasteiger partial charge in [-0.05, 0) is 36.4 Å². The monoisotopic (exact) mass is 359 g/mol. The molecule has 1 aromatic carbocycles. The van der Waals surface area contributed by atoms with Crippen molar-refractivity contribution < 1.29 is 13.9 Å². The van der Waals surface area contributed by atoms with E-state index < -0.39 is 0 Å². The molecule has 2 aromatic heterocycles. The van der Waals surface area contributed by atoms with Crippen molar-refractivity contribution >= 4 is 17.5 Å². The maximum absolute atomic E-state index is 12.4. The first-order valence-corrected chi connectivity index (χ1v) is 8.10. The van der Waals surface area contributed by atoms with Gasteiger partial charge in [-0.15, -0.1) is 0 Å². The lowest BCUT2D eigenvalue weighted by molar-refractivity contribution is 0.0747. The van der Waals surface area contributed by atoms with Gasteiger partial charge in [0, 0.05) is 25.3 Å². The Kier molecular flexibility index (Phi) is 5.09. The highest BCUT2D eigenvalue weighted by atomic mass is 35.5. The Labute approximate surface area is 150 Å². The van der Waals surface area contributed by atoms with Crippen LogP contribution in [0.25, 0.3) is 0 Å². The van der Waals surface area contributed by atoms with Crippen LogP contribution in [0.3, 0.4) is 0 Å². The summed E-state index contributed by atoms with van der Waals surface area (Å²) in [5.74, 6) is 1.27. The Morgan fingerprint density at radius 1 is 1.32 bits per heavy atom. The second-order valence-corrected chi connectivity index (χ2v) is 6.09. The summed E-state index contributed by atoms with van der Waals surface area (Å²) in [4.78, 5) is 14.0. The molecule has 6 nitrogen and oxygen atoms in total. The number of furan rings is 1. The van der Waals surface area contributed by atoms with E-state index in [-0.39, 0.29) is 18.3 Å². The molecule has 0 fully saturated rings. The molecule has 0 bridgehead atoms. The molecule has 0 atom stereocenters. The highest BCUT2D eigenvalue weighted by Gasteiger charge is 2.17. The molecular formula is C18H18ClN3O3. The number of carbonyl (C=O) groups is 1. The van der Waals surface area contributed by atoms with Crippen LogP contribution >= 0.6 is 11.6 Å². The van der Waals surface area contributed by atoms with E-state index in [9.17, 15) is 4.79 Å². The van der Waals surface area contributed by atoms with E-state index in [4.69, 9.17) is 20.8 Å². The minimum Gasteiger partial charge on any atom is -0.486 e. The minimum atomic E-state index is -0.209. The molecule has 3 aromatic rings. The van der Waals surface area contributed by atoms with Crippen LogP contribution in [0.4, 0.5) is 0 Å². The zero-order valence-electron chi connectivity index (χ0n) is 14.0. The molecule has 130 valence electrons. The maximum Gasteiger partial charge on any atom is 0.289 e. The average molecular weight is 360 g/mol. The van der Waals surface area contributed by atoms with E-state index in [2.05, 4.69) is 5.10 Å². The Morgan fingerprint density at radius 3 is 2.88 bits per heavy atom. The van der Waals surface area contributed by atoms with Crippen LogP contribution in [0.5, 0.6) is 5.75 Å². The van der Waals surface area contributed by atoms with E-state index in [1.165, 1.54) is 0 Å². The van der Waals surface area contributed by atoms with Gasteiger partial charge in [-0.3, -0.25) is 9.48 Å². The van der Waals surface area contributed by atoms with Crippen molar-refractivity contribution in [2.24, 2.45) is 7.05 Å². The Bertz CT molecular complexity index is 872. The number of benzene rings is 1. The summed E-state index contributed by atoms with van der Waals surface area (Å²) < 4.78 is 12.9. The van der Waals surface area contributed by atoms with Crippen LogP contribution in [0.15, 0.2) is 53.1 Å². The number of carbonyl (C=O) groups excluding carboxylic acids is 1. The fourth-order valence-electron chi connectivity index (χ4n) is 2.33. The molecule has 25 heavy (non-hydrogen) atoms. The van der Waals surface area contributed by atoms with E-state index in [1.807, 2.05) is 25.4 Å². The summed E-state index contributed by atoms with van der Waals surface area (Å²) in [5, 5.41) is 4.86. The number of ether oxygens (including phenoxy) is 1. The van der Waals surface area contributed by atoms with E-state index in [0.717, 1.165) is 5.69 Å². The fourth-order valence-corrected chi connectivity index (χ4v) is 2.51. The summed E-state index contributed by atoms with van der Waals surface area (Å²) in [6.07, 6.45) is 1.84. The second-order valence-electron chi connectivity index (χ2n) is 5.65. The molecule has 0 saturated heterocycles. The van der Waals surface area contributed by atoms with E-state index in [1.54, 1.807) is 47.0 Å². The lowest BCUT2D eigenvalue weighted by Gasteiger charge is -2.14. The third-order valence-corrected chi connectivity index (χ3v) is 3.80. The number of nitrogens with zero attached hydrogens (tertiary/aromatic N) is 3. The number of hydrogen-bond acceptors (Lipinski definition) is 4.